The predicted molar refractivity (Wildman–Crippen MR) is 111 cm³/mol. The number of primary amides is 1. The third-order valence-corrected chi connectivity index (χ3v) is 6.69. The second kappa shape index (κ2) is 7.04. The molecule has 0 aromatic heterocycles. The van der Waals surface area contributed by atoms with Gasteiger partial charge in [-0.25, -0.2) is 0 Å². The summed E-state index contributed by atoms with van der Waals surface area (Å²) >= 11 is 6.16. The summed E-state index contributed by atoms with van der Waals surface area (Å²) in [5.41, 5.74) is -0.966. The van der Waals surface area contributed by atoms with Gasteiger partial charge in [0.1, 0.15) is 22.8 Å². The number of phenols is 1. The molecule has 0 aliphatic heterocycles. The Morgan fingerprint density at radius 1 is 1.28 bits per heavy atom. The molecule has 0 spiro atoms. The summed E-state index contributed by atoms with van der Waals surface area (Å²) in [5.74, 6) is -11.6. The van der Waals surface area contributed by atoms with Crippen LogP contribution in [0.25, 0.3) is 5.76 Å². The summed E-state index contributed by atoms with van der Waals surface area (Å²) in [6.45, 7) is -7.12. The van der Waals surface area contributed by atoms with Gasteiger partial charge in [0.2, 0.25) is 5.78 Å². The van der Waals surface area contributed by atoms with E-state index in [1.54, 1.807) is 0 Å². The minimum Gasteiger partial charge on any atom is -0.508 e. The van der Waals surface area contributed by atoms with Gasteiger partial charge in [-0.15, -0.1) is 0 Å². The van der Waals surface area contributed by atoms with Gasteiger partial charge in [-0.05, 0) is 32.5 Å². The number of nitrogens with two attached hydrogens (primary N) is 1. The van der Waals surface area contributed by atoms with Crippen molar-refractivity contribution in [3.05, 3.63) is 45.2 Å². The molecule has 1 aromatic carbocycles. The summed E-state index contributed by atoms with van der Waals surface area (Å²) in [6.07, 6.45) is -2.54. The van der Waals surface area contributed by atoms with Crippen LogP contribution in [0.1, 0.15) is 31.9 Å². The molecule has 0 saturated heterocycles. The number of phenolic OH excluding ortho intramolecular Hbond substituents is 1. The van der Waals surface area contributed by atoms with Crippen molar-refractivity contribution in [2.24, 2.45) is 17.6 Å². The number of carbonyl (C=O) groups excluding carboxylic acids is 3. The first-order chi connectivity index (χ1) is 17.3. The van der Waals surface area contributed by atoms with Crippen LogP contribution >= 0.6 is 11.6 Å². The Bertz CT molecular complexity index is 1340. The van der Waals surface area contributed by atoms with Crippen molar-refractivity contribution in [2.75, 3.05) is 14.0 Å². The average molecular weight is 471 g/mol. The largest absolute Gasteiger partial charge is 0.508 e. The average Bonchev–Trinajstić information content (AvgIpc) is 2.76. The first-order valence-electron chi connectivity index (χ1n) is 12.2. The fraction of sp³-hybridized carbons (Fsp3) is 0.381. The molecule has 11 heteroatoms. The molecule has 10 nitrogen and oxygen atoms in total. The summed E-state index contributed by atoms with van der Waals surface area (Å²) in [6, 6.07) is -0.207. The van der Waals surface area contributed by atoms with E-state index >= 15 is 0 Å². The van der Waals surface area contributed by atoms with Gasteiger partial charge < -0.3 is 31.3 Å². The summed E-state index contributed by atoms with van der Waals surface area (Å²) in [7, 11) is 0. The first kappa shape index (κ1) is 15.8. The van der Waals surface area contributed by atoms with E-state index in [0.29, 0.717) is 0 Å². The molecule has 0 heterocycles. The number of aliphatic hydroxyl groups excluding tert-OH is 3. The van der Waals surface area contributed by atoms with Crippen LogP contribution in [0.2, 0.25) is 5.02 Å². The highest BCUT2D eigenvalue weighted by Gasteiger charge is 2.65. The minimum absolute atomic E-state index is 0.147. The smallest absolute Gasteiger partial charge is 0.255 e. The van der Waals surface area contributed by atoms with E-state index in [0.717, 1.165) is 6.07 Å². The highest BCUT2D eigenvalue weighted by Crippen LogP contribution is 2.56. The number of carbonyl (C=O) groups is 3. The van der Waals surface area contributed by atoms with Crippen LogP contribution in [0.15, 0.2) is 29.0 Å². The molecule has 0 unspecified atom stereocenters. The minimum atomic E-state index is -3.56. The Labute approximate surface area is 195 Å². The van der Waals surface area contributed by atoms with E-state index in [2.05, 4.69) is 0 Å². The molecule has 0 bridgehead atoms. The SMILES string of the molecule is [2H]C([2H])([2H])N([C@@H]1C(=O)C(C(N)=O)=C(O)[C@@]2(O)C(=O)C3=C(O)c4c(O)ccc(Cl)c4[C@@H](O)[C@H]3C[C@@H]12)C([2H])([2H])[2H]. The van der Waals surface area contributed by atoms with E-state index in [9.17, 15) is 39.9 Å². The van der Waals surface area contributed by atoms with Crippen LogP contribution < -0.4 is 5.73 Å². The van der Waals surface area contributed by atoms with Crippen LogP contribution in [0, 0.1) is 11.8 Å². The highest BCUT2D eigenvalue weighted by atomic mass is 35.5. The summed E-state index contributed by atoms with van der Waals surface area (Å²) in [4.78, 5) is 39.0. The Hall–Kier alpha value is -2.92. The van der Waals surface area contributed by atoms with Crippen molar-refractivity contribution >= 4 is 34.8 Å². The monoisotopic (exact) mass is 470 g/mol. The van der Waals surface area contributed by atoms with E-state index in [1.807, 2.05) is 0 Å². The molecule has 7 N–H and O–H groups in total. The maximum atomic E-state index is 13.8. The fourth-order valence-electron chi connectivity index (χ4n) is 4.94. The third kappa shape index (κ3) is 2.61. The van der Waals surface area contributed by atoms with E-state index in [1.165, 1.54) is 6.07 Å². The van der Waals surface area contributed by atoms with Crippen molar-refractivity contribution in [2.45, 2.75) is 24.2 Å². The molecule has 5 atom stereocenters. The van der Waals surface area contributed by atoms with Gasteiger partial charge in [0.15, 0.2) is 11.4 Å². The number of benzene rings is 1. The number of nitrogens with zero attached hydrogens (tertiary/aromatic N) is 1. The quantitative estimate of drug-likeness (QED) is 0.327. The Balaban J connectivity index is 2.07. The molecule has 170 valence electrons. The maximum absolute atomic E-state index is 13.8. The molecule has 1 aromatic rings. The van der Waals surface area contributed by atoms with Crippen LogP contribution in [0.4, 0.5) is 0 Å². The van der Waals surface area contributed by atoms with Gasteiger partial charge in [-0.2, -0.15) is 0 Å². The molecule has 0 radical (unpaired) electrons. The maximum Gasteiger partial charge on any atom is 0.255 e. The zero-order chi connectivity index (χ0) is 28.9. The number of likely N-dealkylation sites (N-methyl/N-ethyl adjacent to an activating group) is 1. The van der Waals surface area contributed by atoms with Gasteiger partial charge >= 0.3 is 0 Å². The Kier molecular flexibility index (Phi) is 3.48. The number of ketones is 2. The molecule has 3 aliphatic carbocycles. The normalized spacial score (nSPS) is 35.6. The molecule has 4 rings (SSSR count). The van der Waals surface area contributed by atoms with E-state index < -0.39 is 101 Å². The molecule has 1 amide bonds. The fourth-order valence-corrected chi connectivity index (χ4v) is 5.21. The third-order valence-electron chi connectivity index (χ3n) is 6.36. The van der Waals surface area contributed by atoms with Crippen molar-refractivity contribution in [3.63, 3.8) is 0 Å². The molecular formula is C21H21ClN2O8. The van der Waals surface area contributed by atoms with Crippen molar-refractivity contribution in [3.8, 4) is 5.75 Å². The van der Waals surface area contributed by atoms with Gasteiger partial charge in [0.05, 0.1) is 17.7 Å². The van der Waals surface area contributed by atoms with Gasteiger partial charge in [0, 0.05) is 36.2 Å². The van der Waals surface area contributed by atoms with E-state index in [4.69, 9.17) is 25.6 Å². The molecule has 1 saturated carbocycles. The number of fused-ring (bicyclic) bond motifs is 3. The standard InChI is InChI=1S/C21H21ClN2O8/c1-24(2)14-7-5-6-10(16(27)12-9(25)4-3-8(22)11(12)15(6)26)18(29)21(7,32)19(30)13(17(14)28)20(23)31/h3-4,6-7,14-15,25-27,30,32H,5H2,1-2H3,(H2,23,31)/t6-,7-,14-,15-,21-/m0/s1/i1D3,2D3. The van der Waals surface area contributed by atoms with Crippen LogP contribution in [0.5, 0.6) is 5.75 Å². The van der Waals surface area contributed by atoms with Crippen molar-refractivity contribution < 1.29 is 48.1 Å². The molecule has 3 aliphatic rings. The van der Waals surface area contributed by atoms with Crippen molar-refractivity contribution in [1.29, 1.82) is 0 Å². The van der Waals surface area contributed by atoms with Gasteiger partial charge in [-0.3, -0.25) is 19.3 Å². The number of halogens is 1. The zero-order valence-corrected chi connectivity index (χ0v) is 16.8. The molecular weight excluding hydrogens is 444 g/mol. The molecule has 32 heavy (non-hydrogen) atoms. The lowest BCUT2D eigenvalue weighted by molar-refractivity contribution is -0.155. The highest BCUT2D eigenvalue weighted by molar-refractivity contribution is 6.32. The molecule has 1 fully saturated rings. The lowest BCUT2D eigenvalue weighted by Crippen LogP contribution is -2.66. The predicted octanol–water partition coefficient (Wildman–Crippen LogP) is 0.108. The second-order valence-corrected chi connectivity index (χ2v) is 8.28. The van der Waals surface area contributed by atoms with E-state index in [-0.39, 0.29) is 15.5 Å². The van der Waals surface area contributed by atoms with Crippen LogP contribution in [0.3, 0.4) is 0 Å². The summed E-state index contributed by atoms with van der Waals surface area (Å²) < 4.78 is 46.6. The Morgan fingerprint density at radius 2 is 1.94 bits per heavy atom. The van der Waals surface area contributed by atoms with Crippen LogP contribution in [-0.4, -0.2) is 73.5 Å². The number of aromatic hydroxyl groups is 1. The number of hydrogen-bond donors (Lipinski definition) is 6. The number of aliphatic hydroxyl groups is 4. The topological polar surface area (TPSA) is 182 Å². The number of hydrogen-bond acceptors (Lipinski definition) is 9. The second-order valence-electron chi connectivity index (χ2n) is 7.87. The zero-order valence-electron chi connectivity index (χ0n) is 22.0. The van der Waals surface area contributed by atoms with Crippen LogP contribution in [-0.2, 0) is 14.4 Å². The Morgan fingerprint density at radius 3 is 2.53 bits per heavy atom. The van der Waals surface area contributed by atoms with Gasteiger partial charge in [-0.1, -0.05) is 11.6 Å². The lowest BCUT2D eigenvalue weighted by Gasteiger charge is -2.51. The van der Waals surface area contributed by atoms with Crippen molar-refractivity contribution in [1.82, 2.24) is 4.90 Å². The lowest BCUT2D eigenvalue weighted by atomic mass is 9.57. The first-order valence-corrected chi connectivity index (χ1v) is 9.62. The van der Waals surface area contributed by atoms with Gasteiger partial charge in [0.25, 0.3) is 5.91 Å². The number of rotatable bonds is 2. The summed E-state index contributed by atoms with van der Waals surface area (Å²) in [5, 5.41) is 54.7. The number of Topliss-reactive ketones (excluding diaryl/α,β-unsaturated/α-hetero) is 2. The number of amides is 1.